The zero-order valence-electron chi connectivity index (χ0n) is 10.5. The van der Waals surface area contributed by atoms with E-state index in [4.69, 9.17) is 5.73 Å². The van der Waals surface area contributed by atoms with E-state index in [-0.39, 0.29) is 23.0 Å². The summed E-state index contributed by atoms with van der Waals surface area (Å²) in [4.78, 5) is 33.2. The molecule has 0 spiro atoms. The first-order valence-electron chi connectivity index (χ1n) is 5.79. The number of hydrogen-bond donors (Lipinski definition) is 3. The van der Waals surface area contributed by atoms with Gasteiger partial charge in [0.15, 0.2) is 5.16 Å². The number of anilines is 1. The molecule has 0 atom stereocenters. The van der Waals surface area contributed by atoms with Crippen LogP contribution < -0.4 is 16.6 Å². The lowest BCUT2D eigenvalue weighted by Crippen LogP contribution is -2.24. The highest BCUT2D eigenvalue weighted by atomic mass is 32.2. The van der Waals surface area contributed by atoms with Gasteiger partial charge >= 0.3 is 0 Å². The van der Waals surface area contributed by atoms with Gasteiger partial charge in [0, 0.05) is 25.0 Å². The molecule has 0 unspecified atom stereocenters. The zero-order valence-corrected chi connectivity index (χ0v) is 11.3. The van der Waals surface area contributed by atoms with Crippen molar-refractivity contribution in [2.75, 3.05) is 11.5 Å². The van der Waals surface area contributed by atoms with Gasteiger partial charge < -0.3 is 16.0 Å². The van der Waals surface area contributed by atoms with Crippen molar-refractivity contribution in [2.24, 2.45) is 0 Å². The van der Waals surface area contributed by atoms with Gasteiger partial charge in [0.2, 0.25) is 5.91 Å². The lowest BCUT2D eigenvalue weighted by Gasteiger charge is -2.04. The van der Waals surface area contributed by atoms with Crippen LogP contribution in [0.25, 0.3) is 0 Å². The number of carbonyl (C=O) groups is 1. The summed E-state index contributed by atoms with van der Waals surface area (Å²) in [6, 6.07) is 4.86. The number of amides is 1. The number of hydrogen-bond acceptors (Lipinski definition) is 6. The van der Waals surface area contributed by atoms with E-state index in [1.54, 1.807) is 18.5 Å². The normalized spacial score (nSPS) is 10.2. The molecule has 2 aromatic heterocycles. The maximum absolute atomic E-state index is 11.7. The second-order valence-electron chi connectivity index (χ2n) is 3.90. The Labute approximate surface area is 119 Å². The minimum atomic E-state index is -0.337. The highest BCUT2D eigenvalue weighted by molar-refractivity contribution is 7.99. The number of nitrogen functional groups attached to an aromatic ring is 1. The molecule has 0 radical (unpaired) electrons. The van der Waals surface area contributed by atoms with Crippen LogP contribution in [0.3, 0.4) is 0 Å². The Balaban J connectivity index is 1.82. The third-order valence-corrected chi connectivity index (χ3v) is 3.17. The molecule has 0 saturated carbocycles. The Morgan fingerprint density at radius 1 is 1.50 bits per heavy atom. The second-order valence-corrected chi connectivity index (χ2v) is 4.87. The van der Waals surface area contributed by atoms with Crippen LogP contribution in [-0.4, -0.2) is 26.6 Å². The van der Waals surface area contributed by atoms with Gasteiger partial charge in [-0.3, -0.25) is 14.6 Å². The Bertz CT molecular complexity index is 644. The predicted octanol–water partition coefficient (Wildman–Crippen LogP) is 0.156. The second kappa shape index (κ2) is 6.71. The predicted molar refractivity (Wildman–Crippen MR) is 76.1 cm³/mol. The molecule has 2 rings (SSSR count). The first-order valence-corrected chi connectivity index (χ1v) is 6.77. The maximum atomic E-state index is 11.7. The summed E-state index contributed by atoms with van der Waals surface area (Å²) in [6.45, 7) is 0.411. The molecule has 0 aliphatic carbocycles. The number of rotatable bonds is 5. The Morgan fingerprint density at radius 3 is 3.05 bits per heavy atom. The SMILES string of the molecule is Nc1cc(=O)[nH]c(SCC(=O)NCc2cccnc2)n1. The summed E-state index contributed by atoms with van der Waals surface area (Å²) < 4.78 is 0. The third kappa shape index (κ3) is 4.39. The Morgan fingerprint density at radius 2 is 2.35 bits per heavy atom. The van der Waals surface area contributed by atoms with Gasteiger partial charge in [-0.2, -0.15) is 0 Å². The molecular weight excluding hydrogens is 278 g/mol. The Hall–Kier alpha value is -2.35. The summed E-state index contributed by atoms with van der Waals surface area (Å²) in [5.41, 5.74) is 6.03. The summed E-state index contributed by atoms with van der Waals surface area (Å²) in [6.07, 6.45) is 3.35. The fourth-order valence-electron chi connectivity index (χ4n) is 1.41. The minimum Gasteiger partial charge on any atom is -0.383 e. The number of carbonyl (C=O) groups excluding carboxylic acids is 1. The average Bonchev–Trinajstić information content (AvgIpc) is 2.43. The molecule has 4 N–H and O–H groups in total. The van der Waals surface area contributed by atoms with E-state index in [9.17, 15) is 9.59 Å². The van der Waals surface area contributed by atoms with Crippen molar-refractivity contribution in [1.82, 2.24) is 20.3 Å². The van der Waals surface area contributed by atoms with Crippen LogP contribution in [0.15, 0.2) is 40.5 Å². The third-order valence-electron chi connectivity index (χ3n) is 2.29. The van der Waals surface area contributed by atoms with E-state index in [2.05, 4.69) is 20.3 Å². The number of aromatic amines is 1. The van der Waals surface area contributed by atoms with Gasteiger partial charge in [0.05, 0.1) is 5.75 Å². The molecule has 0 fully saturated rings. The number of pyridine rings is 1. The van der Waals surface area contributed by atoms with Crippen LogP contribution in [-0.2, 0) is 11.3 Å². The number of H-pyrrole nitrogens is 1. The van der Waals surface area contributed by atoms with E-state index in [0.717, 1.165) is 17.3 Å². The van der Waals surface area contributed by atoms with Crippen molar-refractivity contribution in [2.45, 2.75) is 11.7 Å². The molecule has 1 amide bonds. The standard InChI is InChI=1S/C12H13N5O2S/c13-9-4-10(18)17-12(16-9)20-7-11(19)15-6-8-2-1-3-14-5-8/h1-5H,6-7H2,(H,15,19)(H3,13,16,17,18). The summed E-state index contributed by atoms with van der Waals surface area (Å²) in [5, 5.41) is 3.07. The molecule has 8 heteroatoms. The fourth-order valence-corrected chi connectivity index (χ4v) is 2.12. The number of aromatic nitrogens is 3. The van der Waals surface area contributed by atoms with E-state index < -0.39 is 0 Å². The van der Waals surface area contributed by atoms with Crippen molar-refractivity contribution in [3.63, 3.8) is 0 Å². The quantitative estimate of drug-likeness (QED) is 0.534. The summed E-state index contributed by atoms with van der Waals surface area (Å²) in [5.74, 6) is 0.114. The average molecular weight is 291 g/mol. The van der Waals surface area contributed by atoms with Crippen LogP contribution in [0.2, 0.25) is 0 Å². The zero-order chi connectivity index (χ0) is 14.4. The largest absolute Gasteiger partial charge is 0.383 e. The molecule has 7 nitrogen and oxygen atoms in total. The number of thioether (sulfide) groups is 1. The smallest absolute Gasteiger partial charge is 0.253 e. The molecule has 20 heavy (non-hydrogen) atoms. The van der Waals surface area contributed by atoms with E-state index in [0.29, 0.717) is 11.7 Å². The first-order chi connectivity index (χ1) is 9.63. The molecule has 0 saturated heterocycles. The van der Waals surface area contributed by atoms with E-state index in [1.165, 1.54) is 6.07 Å². The molecule has 2 heterocycles. The number of nitrogens with one attached hydrogen (secondary N) is 2. The van der Waals surface area contributed by atoms with Gasteiger partial charge in [-0.1, -0.05) is 17.8 Å². The van der Waals surface area contributed by atoms with Gasteiger partial charge in [0.25, 0.3) is 5.56 Å². The van der Waals surface area contributed by atoms with Crippen LogP contribution in [0.1, 0.15) is 5.56 Å². The molecule has 0 bridgehead atoms. The van der Waals surface area contributed by atoms with Crippen LogP contribution in [0.4, 0.5) is 5.82 Å². The molecular formula is C12H13N5O2S. The monoisotopic (exact) mass is 291 g/mol. The van der Waals surface area contributed by atoms with Crippen molar-refractivity contribution in [3.8, 4) is 0 Å². The van der Waals surface area contributed by atoms with Gasteiger partial charge in [-0.05, 0) is 11.6 Å². The van der Waals surface area contributed by atoms with Crippen LogP contribution in [0, 0.1) is 0 Å². The number of nitrogens with two attached hydrogens (primary N) is 1. The highest BCUT2D eigenvalue weighted by Gasteiger charge is 2.05. The molecule has 2 aromatic rings. The van der Waals surface area contributed by atoms with Crippen molar-refractivity contribution in [1.29, 1.82) is 0 Å². The first kappa shape index (κ1) is 14.1. The van der Waals surface area contributed by atoms with Crippen molar-refractivity contribution in [3.05, 3.63) is 46.5 Å². The van der Waals surface area contributed by atoms with E-state index >= 15 is 0 Å². The number of nitrogens with zero attached hydrogens (tertiary/aromatic N) is 2. The Kier molecular flexibility index (Phi) is 4.72. The lowest BCUT2D eigenvalue weighted by molar-refractivity contribution is -0.118. The molecule has 0 aliphatic rings. The summed E-state index contributed by atoms with van der Waals surface area (Å²) in [7, 11) is 0. The van der Waals surface area contributed by atoms with Gasteiger partial charge in [0.1, 0.15) is 5.82 Å². The fraction of sp³-hybridized carbons (Fsp3) is 0.167. The summed E-state index contributed by atoms with van der Waals surface area (Å²) >= 11 is 1.12. The lowest BCUT2D eigenvalue weighted by atomic mass is 10.3. The minimum absolute atomic E-state index is 0.131. The van der Waals surface area contributed by atoms with Crippen LogP contribution >= 0.6 is 11.8 Å². The van der Waals surface area contributed by atoms with Gasteiger partial charge in [-0.25, -0.2) is 4.98 Å². The topological polar surface area (TPSA) is 114 Å². The van der Waals surface area contributed by atoms with E-state index in [1.807, 2.05) is 6.07 Å². The van der Waals surface area contributed by atoms with Crippen molar-refractivity contribution >= 4 is 23.5 Å². The maximum Gasteiger partial charge on any atom is 0.253 e. The highest BCUT2D eigenvalue weighted by Crippen LogP contribution is 2.11. The molecule has 0 aromatic carbocycles. The molecule has 104 valence electrons. The van der Waals surface area contributed by atoms with Crippen LogP contribution in [0.5, 0.6) is 0 Å². The van der Waals surface area contributed by atoms with Crippen molar-refractivity contribution < 1.29 is 4.79 Å². The molecule has 0 aliphatic heterocycles. The van der Waals surface area contributed by atoms with Gasteiger partial charge in [-0.15, -0.1) is 0 Å².